The predicted molar refractivity (Wildman–Crippen MR) is 99.2 cm³/mol. The van der Waals surface area contributed by atoms with Crippen molar-refractivity contribution >= 4 is 39.0 Å². The van der Waals surface area contributed by atoms with Crippen LogP contribution in [0, 0.1) is 6.92 Å². The Hall–Kier alpha value is -2.80. The summed E-state index contributed by atoms with van der Waals surface area (Å²) in [7, 11) is 0. The van der Waals surface area contributed by atoms with E-state index in [4.69, 9.17) is 4.74 Å². The molecule has 0 amide bonds. The maximum absolute atomic E-state index is 12.6. The molecule has 3 rings (SSSR count). The summed E-state index contributed by atoms with van der Waals surface area (Å²) in [6, 6.07) is 12.2. The number of hydrogen-bond acceptors (Lipinski definition) is 5. The molecule has 7 heteroatoms. The van der Waals surface area contributed by atoms with Crippen molar-refractivity contribution in [2.24, 2.45) is 5.10 Å². The lowest BCUT2D eigenvalue weighted by atomic mass is 10.2. The van der Waals surface area contributed by atoms with E-state index >= 15 is 0 Å². The first kappa shape index (κ1) is 17.0. The molecule has 126 valence electrons. The number of ether oxygens (including phenoxy) is 1. The molecule has 1 aromatic heterocycles. The van der Waals surface area contributed by atoms with Gasteiger partial charge in [-0.2, -0.15) is 9.78 Å². The van der Waals surface area contributed by atoms with Crippen LogP contribution in [0.2, 0.25) is 0 Å². The highest BCUT2D eigenvalue weighted by molar-refractivity contribution is 9.10. The number of carbonyl (C=O) groups excluding carboxylic acids is 1. The molecule has 6 nitrogen and oxygen atoms in total. The number of halogens is 1. The molecule has 0 aliphatic rings. The third-order valence-corrected chi connectivity index (χ3v) is 3.93. The van der Waals surface area contributed by atoms with E-state index in [9.17, 15) is 9.59 Å². The lowest BCUT2D eigenvalue weighted by Gasteiger charge is -2.06. The fraction of sp³-hybridized carbons (Fsp3) is 0.111. The van der Waals surface area contributed by atoms with Gasteiger partial charge in [-0.05, 0) is 55.0 Å². The van der Waals surface area contributed by atoms with Crippen LogP contribution in [0.25, 0.3) is 10.9 Å². The summed E-state index contributed by atoms with van der Waals surface area (Å²) in [5.41, 5.74) is 1.15. The van der Waals surface area contributed by atoms with Crippen LogP contribution in [0.4, 0.5) is 0 Å². The highest BCUT2D eigenvalue weighted by Crippen LogP contribution is 2.16. The topological polar surface area (TPSA) is 73.5 Å². The van der Waals surface area contributed by atoms with E-state index in [-0.39, 0.29) is 11.5 Å². The molecule has 0 radical (unpaired) electrons. The van der Waals surface area contributed by atoms with Gasteiger partial charge in [0.05, 0.1) is 17.1 Å². The van der Waals surface area contributed by atoms with Gasteiger partial charge in [-0.1, -0.05) is 15.9 Å². The van der Waals surface area contributed by atoms with E-state index in [1.54, 1.807) is 49.5 Å². The van der Waals surface area contributed by atoms with Crippen LogP contribution in [0.3, 0.4) is 0 Å². The zero-order valence-electron chi connectivity index (χ0n) is 13.6. The zero-order valence-corrected chi connectivity index (χ0v) is 15.1. The fourth-order valence-corrected chi connectivity index (χ4v) is 2.67. The van der Waals surface area contributed by atoms with Gasteiger partial charge in [-0.3, -0.25) is 9.59 Å². The van der Waals surface area contributed by atoms with Crippen LogP contribution in [0.5, 0.6) is 5.75 Å². The van der Waals surface area contributed by atoms with Crippen molar-refractivity contribution in [3.8, 4) is 5.75 Å². The summed E-state index contributed by atoms with van der Waals surface area (Å²) in [5.74, 6) is 0.569. The standard InChI is InChI=1S/C18H14BrN3O3/c1-11-21-17-8-5-14(19)9-16(17)18(24)22(11)20-10-13-3-6-15(7-4-13)25-12(2)23/h3-10H,1-2H3. The summed E-state index contributed by atoms with van der Waals surface area (Å²) < 4.78 is 7.04. The maximum atomic E-state index is 12.6. The molecule has 0 spiro atoms. The van der Waals surface area contributed by atoms with Crippen LogP contribution in [-0.2, 0) is 4.79 Å². The van der Waals surface area contributed by atoms with Crippen LogP contribution in [0.1, 0.15) is 18.3 Å². The van der Waals surface area contributed by atoms with E-state index < -0.39 is 0 Å². The highest BCUT2D eigenvalue weighted by Gasteiger charge is 2.07. The van der Waals surface area contributed by atoms with Gasteiger partial charge in [0.1, 0.15) is 11.6 Å². The molecule has 0 aliphatic carbocycles. The van der Waals surface area contributed by atoms with Crippen LogP contribution < -0.4 is 10.3 Å². The maximum Gasteiger partial charge on any atom is 0.308 e. The SMILES string of the molecule is CC(=O)Oc1ccc(C=Nn2c(C)nc3ccc(Br)cc3c2=O)cc1. The zero-order chi connectivity index (χ0) is 18.0. The summed E-state index contributed by atoms with van der Waals surface area (Å²) in [5, 5.41) is 4.73. The Morgan fingerprint density at radius 1 is 1.24 bits per heavy atom. The molecule has 0 saturated heterocycles. The second-order valence-electron chi connectivity index (χ2n) is 5.34. The number of carbonyl (C=O) groups is 1. The first-order valence-corrected chi connectivity index (χ1v) is 8.25. The molecule has 0 saturated carbocycles. The molecule has 1 heterocycles. The molecule has 3 aromatic rings. The number of esters is 1. The Morgan fingerprint density at radius 3 is 2.64 bits per heavy atom. The Bertz CT molecular complexity index is 1040. The number of benzene rings is 2. The van der Waals surface area contributed by atoms with Gasteiger partial charge in [0.2, 0.25) is 0 Å². The molecule has 0 aliphatic heterocycles. The van der Waals surface area contributed by atoms with E-state index in [0.29, 0.717) is 22.5 Å². The smallest absolute Gasteiger partial charge is 0.308 e. The van der Waals surface area contributed by atoms with Crippen molar-refractivity contribution in [1.29, 1.82) is 0 Å². The normalized spacial score (nSPS) is 11.2. The van der Waals surface area contributed by atoms with Gasteiger partial charge in [0, 0.05) is 11.4 Å². The third-order valence-electron chi connectivity index (χ3n) is 3.43. The monoisotopic (exact) mass is 399 g/mol. The first-order valence-electron chi connectivity index (χ1n) is 7.46. The Kier molecular flexibility index (Phi) is 4.76. The molecular formula is C18H14BrN3O3. The summed E-state index contributed by atoms with van der Waals surface area (Å²) in [4.78, 5) is 28.0. The summed E-state index contributed by atoms with van der Waals surface area (Å²) in [6.07, 6.45) is 1.55. The van der Waals surface area contributed by atoms with Gasteiger partial charge in [-0.25, -0.2) is 4.98 Å². The van der Waals surface area contributed by atoms with Crippen molar-refractivity contribution in [1.82, 2.24) is 9.66 Å². The van der Waals surface area contributed by atoms with E-state index in [1.807, 2.05) is 6.07 Å². The second kappa shape index (κ2) is 6.98. The van der Waals surface area contributed by atoms with E-state index in [1.165, 1.54) is 11.6 Å². The van der Waals surface area contributed by atoms with Gasteiger partial charge in [-0.15, -0.1) is 0 Å². The van der Waals surface area contributed by atoms with Gasteiger partial charge < -0.3 is 4.74 Å². The molecule has 0 atom stereocenters. The highest BCUT2D eigenvalue weighted by atomic mass is 79.9. The van der Waals surface area contributed by atoms with Gasteiger partial charge in [0.25, 0.3) is 5.56 Å². The largest absolute Gasteiger partial charge is 0.427 e. The molecule has 2 aromatic carbocycles. The third kappa shape index (κ3) is 3.83. The quantitative estimate of drug-likeness (QED) is 0.384. The summed E-state index contributed by atoms with van der Waals surface area (Å²) >= 11 is 3.36. The molecule has 25 heavy (non-hydrogen) atoms. The van der Waals surface area contributed by atoms with Gasteiger partial charge in [0.15, 0.2) is 0 Å². The molecule has 0 fully saturated rings. The minimum atomic E-state index is -0.378. The van der Waals surface area contributed by atoms with Crippen molar-refractivity contribution in [3.63, 3.8) is 0 Å². The number of fused-ring (bicyclic) bond motifs is 1. The Balaban J connectivity index is 1.95. The molecule has 0 unspecified atom stereocenters. The number of aryl methyl sites for hydroxylation is 1. The van der Waals surface area contributed by atoms with Crippen molar-refractivity contribution < 1.29 is 9.53 Å². The van der Waals surface area contributed by atoms with E-state index in [0.717, 1.165) is 10.0 Å². The Morgan fingerprint density at radius 2 is 1.96 bits per heavy atom. The number of nitrogens with zero attached hydrogens (tertiary/aromatic N) is 3. The van der Waals surface area contributed by atoms with Crippen molar-refractivity contribution in [2.75, 3.05) is 0 Å². The lowest BCUT2D eigenvalue weighted by Crippen LogP contribution is -2.20. The first-order chi connectivity index (χ1) is 11.9. The number of hydrogen-bond donors (Lipinski definition) is 0. The lowest BCUT2D eigenvalue weighted by molar-refractivity contribution is -0.131. The van der Waals surface area contributed by atoms with Crippen LogP contribution in [-0.4, -0.2) is 21.8 Å². The average Bonchev–Trinajstić information content (AvgIpc) is 2.56. The molecule has 0 bridgehead atoms. The molecule has 0 N–H and O–H groups in total. The van der Waals surface area contributed by atoms with Crippen LogP contribution in [0.15, 0.2) is 56.8 Å². The van der Waals surface area contributed by atoms with Crippen LogP contribution >= 0.6 is 15.9 Å². The minimum absolute atomic E-state index is 0.239. The van der Waals surface area contributed by atoms with Crippen molar-refractivity contribution in [3.05, 3.63) is 68.7 Å². The predicted octanol–water partition coefficient (Wildman–Crippen LogP) is 3.27. The number of aromatic nitrogens is 2. The minimum Gasteiger partial charge on any atom is -0.427 e. The number of rotatable bonds is 3. The van der Waals surface area contributed by atoms with E-state index in [2.05, 4.69) is 26.0 Å². The Labute approximate surface area is 151 Å². The van der Waals surface area contributed by atoms with Crippen molar-refractivity contribution in [2.45, 2.75) is 13.8 Å². The fourth-order valence-electron chi connectivity index (χ4n) is 2.31. The average molecular weight is 400 g/mol. The van der Waals surface area contributed by atoms with Gasteiger partial charge >= 0.3 is 5.97 Å². The second-order valence-corrected chi connectivity index (χ2v) is 6.26. The summed E-state index contributed by atoms with van der Waals surface area (Å²) in [6.45, 7) is 3.07. The molecular weight excluding hydrogens is 386 g/mol.